The monoisotopic (exact) mass is 666 g/mol. The standard InChI is InChI=1S/C32H42N8O8/c1-19(2)29(32(44)40-18-21(41)13-25(40)31(34)43)27-15-28(38-48-27)47-12-11-46-10-9-45-8-7-39-17-20(16-35-39)23-14-24(36-37-30(23)33)22-5-3-4-6-26(22)42/h3-6,14-17,19,21,25,29,36-37,41-42H,7-13,18,33H2,1-2H3,(H2,34,43)/t21-,25+,29+/m1/s1. The Hall–Kier alpha value is -5.06. The van der Waals surface area contributed by atoms with Crippen molar-refractivity contribution in [1.82, 2.24) is 30.7 Å². The van der Waals surface area contributed by atoms with Crippen LogP contribution < -0.4 is 27.1 Å². The van der Waals surface area contributed by atoms with Gasteiger partial charge in [0.05, 0.1) is 51.0 Å². The molecule has 16 nitrogen and oxygen atoms in total. The fourth-order valence-electron chi connectivity index (χ4n) is 5.58. The van der Waals surface area contributed by atoms with Crippen molar-refractivity contribution < 1.29 is 38.5 Å². The molecule has 2 aliphatic heterocycles. The summed E-state index contributed by atoms with van der Waals surface area (Å²) < 4.78 is 24.1. The molecule has 1 saturated heterocycles. The van der Waals surface area contributed by atoms with Gasteiger partial charge in [0.15, 0.2) is 5.76 Å². The van der Waals surface area contributed by atoms with E-state index in [1.807, 2.05) is 32.2 Å². The number of nitrogens with one attached hydrogen (secondary N) is 2. The molecule has 2 aromatic heterocycles. The Morgan fingerprint density at radius 2 is 1.88 bits per heavy atom. The van der Waals surface area contributed by atoms with Crippen molar-refractivity contribution in [3.63, 3.8) is 0 Å². The number of carbonyl (C=O) groups excluding carboxylic acids is 2. The molecule has 4 heterocycles. The average Bonchev–Trinajstić information content (AvgIpc) is 3.81. The van der Waals surface area contributed by atoms with Crippen molar-refractivity contribution in [2.75, 3.05) is 39.6 Å². The van der Waals surface area contributed by atoms with Crippen LogP contribution in [0.1, 0.15) is 43.1 Å². The molecule has 0 saturated carbocycles. The first kappa shape index (κ1) is 34.3. The van der Waals surface area contributed by atoms with E-state index in [1.165, 1.54) is 4.90 Å². The minimum atomic E-state index is -0.865. The molecule has 16 heteroatoms. The van der Waals surface area contributed by atoms with Crippen molar-refractivity contribution in [1.29, 1.82) is 0 Å². The van der Waals surface area contributed by atoms with Crippen LogP contribution in [0, 0.1) is 5.92 Å². The molecular formula is C32H42N8O8. The van der Waals surface area contributed by atoms with Gasteiger partial charge in [0, 0.05) is 41.9 Å². The zero-order valence-corrected chi connectivity index (χ0v) is 26.9. The number of aromatic nitrogens is 3. The van der Waals surface area contributed by atoms with E-state index in [9.17, 15) is 19.8 Å². The van der Waals surface area contributed by atoms with Crippen molar-refractivity contribution >= 4 is 23.1 Å². The lowest BCUT2D eigenvalue weighted by Gasteiger charge is -2.27. The molecule has 2 amide bonds. The summed E-state index contributed by atoms with van der Waals surface area (Å²) in [6, 6.07) is 7.71. The van der Waals surface area contributed by atoms with Gasteiger partial charge in [-0.15, -0.1) is 0 Å². The van der Waals surface area contributed by atoms with Crippen LogP contribution in [0.4, 0.5) is 0 Å². The van der Waals surface area contributed by atoms with E-state index in [0.29, 0.717) is 49.2 Å². The number of amides is 2. The Labute approximate surface area is 277 Å². The summed E-state index contributed by atoms with van der Waals surface area (Å²) in [6.45, 7) is 5.89. The zero-order valence-electron chi connectivity index (χ0n) is 26.9. The third kappa shape index (κ3) is 8.26. The van der Waals surface area contributed by atoms with Gasteiger partial charge in [0.1, 0.15) is 30.1 Å². The summed E-state index contributed by atoms with van der Waals surface area (Å²) in [6.07, 6.45) is 4.74. The SMILES string of the molecule is CC(C)[C@H](C(=O)N1C[C@H](O)C[C@H]1C(N)=O)c1cc(OCCOCCOCCn2cc(C3=C(N)NNC(c4ccccc4O)=C3)cn2)no1. The molecule has 1 fully saturated rings. The minimum Gasteiger partial charge on any atom is -0.507 e. The molecule has 0 radical (unpaired) electrons. The normalized spacial score (nSPS) is 18.4. The molecule has 0 spiro atoms. The molecule has 2 aliphatic rings. The van der Waals surface area contributed by atoms with Gasteiger partial charge >= 0.3 is 0 Å². The van der Waals surface area contributed by atoms with E-state index < -0.39 is 24.0 Å². The number of phenols is 1. The molecule has 3 atom stereocenters. The van der Waals surface area contributed by atoms with Gasteiger partial charge < -0.3 is 45.3 Å². The van der Waals surface area contributed by atoms with E-state index in [-0.39, 0.29) is 49.6 Å². The average molecular weight is 667 g/mol. The second-order valence-electron chi connectivity index (χ2n) is 11.8. The summed E-state index contributed by atoms with van der Waals surface area (Å²) >= 11 is 0. The Bertz CT molecular complexity index is 1630. The van der Waals surface area contributed by atoms with Gasteiger partial charge in [-0.1, -0.05) is 26.0 Å². The van der Waals surface area contributed by atoms with Gasteiger partial charge in [0.2, 0.25) is 11.8 Å². The lowest BCUT2D eigenvalue weighted by Crippen LogP contribution is -2.46. The number of likely N-dealkylation sites (tertiary alicyclic amines) is 1. The predicted molar refractivity (Wildman–Crippen MR) is 172 cm³/mol. The highest BCUT2D eigenvalue weighted by atomic mass is 16.6. The van der Waals surface area contributed by atoms with Gasteiger partial charge in [-0.25, -0.2) is 0 Å². The number of para-hydroxylation sites is 1. The van der Waals surface area contributed by atoms with E-state index in [1.54, 1.807) is 35.1 Å². The second-order valence-corrected chi connectivity index (χ2v) is 11.8. The van der Waals surface area contributed by atoms with E-state index >= 15 is 0 Å². The number of hydrogen-bond donors (Lipinski definition) is 6. The number of benzene rings is 1. The van der Waals surface area contributed by atoms with Crippen LogP contribution in [0.15, 0.2) is 59.1 Å². The van der Waals surface area contributed by atoms with Gasteiger partial charge in [-0.3, -0.25) is 25.1 Å². The van der Waals surface area contributed by atoms with Crippen LogP contribution in [0.25, 0.3) is 11.3 Å². The molecule has 3 aromatic rings. The second kappa shape index (κ2) is 15.7. The first-order valence-electron chi connectivity index (χ1n) is 15.7. The molecule has 48 heavy (non-hydrogen) atoms. The summed E-state index contributed by atoms with van der Waals surface area (Å²) in [5.41, 5.74) is 20.4. The van der Waals surface area contributed by atoms with Crippen LogP contribution in [0.5, 0.6) is 11.6 Å². The quantitative estimate of drug-likeness (QED) is 0.116. The minimum absolute atomic E-state index is 0.0315. The number of nitrogens with two attached hydrogens (primary N) is 2. The Kier molecular flexibility index (Phi) is 11.2. The fourth-order valence-corrected chi connectivity index (χ4v) is 5.58. The van der Waals surface area contributed by atoms with Crippen LogP contribution in [-0.2, 0) is 25.6 Å². The molecule has 0 aliphatic carbocycles. The first-order valence-corrected chi connectivity index (χ1v) is 15.7. The van der Waals surface area contributed by atoms with Crippen LogP contribution in [0.3, 0.4) is 0 Å². The number of aromatic hydroxyl groups is 1. The summed E-state index contributed by atoms with van der Waals surface area (Å²) in [5.74, 6) is -0.819. The highest BCUT2D eigenvalue weighted by Crippen LogP contribution is 2.32. The molecule has 5 rings (SSSR count). The molecule has 1 aromatic carbocycles. The zero-order chi connectivity index (χ0) is 34.2. The molecular weight excluding hydrogens is 624 g/mol. The highest BCUT2D eigenvalue weighted by Gasteiger charge is 2.42. The van der Waals surface area contributed by atoms with Crippen molar-refractivity contribution in [3.8, 4) is 11.6 Å². The molecule has 0 unspecified atom stereocenters. The predicted octanol–water partition coefficient (Wildman–Crippen LogP) is 0.652. The topological polar surface area (TPSA) is 225 Å². The summed E-state index contributed by atoms with van der Waals surface area (Å²) in [7, 11) is 0. The van der Waals surface area contributed by atoms with Crippen molar-refractivity contribution in [2.24, 2.45) is 17.4 Å². The number of rotatable bonds is 16. The lowest BCUT2D eigenvalue weighted by atomic mass is 9.91. The summed E-state index contributed by atoms with van der Waals surface area (Å²) in [4.78, 5) is 26.5. The molecule has 258 valence electrons. The van der Waals surface area contributed by atoms with E-state index in [0.717, 1.165) is 11.1 Å². The van der Waals surface area contributed by atoms with Gasteiger partial charge in [0.25, 0.3) is 5.88 Å². The number of aliphatic hydroxyl groups excluding tert-OH is 1. The Morgan fingerprint density at radius 3 is 2.62 bits per heavy atom. The number of nitrogens with zero attached hydrogens (tertiary/aromatic N) is 4. The van der Waals surface area contributed by atoms with E-state index in [4.69, 9.17) is 30.2 Å². The summed E-state index contributed by atoms with van der Waals surface area (Å²) in [5, 5.41) is 28.5. The number of carbonyl (C=O) groups is 2. The van der Waals surface area contributed by atoms with Crippen LogP contribution in [-0.4, -0.2) is 93.6 Å². The lowest BCUT2D eigenvalue weighted by molar-refractivity contribution is -0.139. The smallest absolute Gasteiger partial charge is 0.254 e. The number of primary amides is 1. The third-order valence-corrected chi connectivity index (χ3v) is 8.00. The van der Waals surface area contributed by atoms with Gasteiger partial charge in [-0.05, 0) is 29.3 Å². The molecule has 0 bridgehead atoms. The van der Waals surface area contributed by atoms with Crippen LogP contribution >= 0.6 is 0 Å². The maximum atomic E-state index is 13.3. The number of aliphatic hydroxyl groups is 1. The Balaban J connectivity index is 0.998. The van der Waals surface area contributed by atoms with E-state index in [2.05, 4.69) is 21.1 Å². The maximum Gasteiger partial charge on any atom is 0.254 e. The first-order chi connectivity index (χ1) is 23.1. The van der Waals surface area contributed by atoms with Crippen LogP contribution in [0.2, 0.25) is 0 Å². The Morgan fingerprint density at radius 1 is 1.12 bits per heavy atom. The number of hydrazine groups is 1. The van der Waals surface area contributed by atoms with Crippen molar-refractivity contribution in [3.05, 3.63) is 71.5 Å². The fraction of sp³-hybridized carbons (Fsp3) is 0.438. The number of allylic oxidation sites excluding steroid dienone is 2. The number of hydrogen-bond acceptors (Lipinski definition) is 13. The van der Waals surface area contributed by atoms with Gasteiger partial charge in [-0.2, -0.15) is 5.10 Å². The third-order valence-electron chi connectivity index (χ3n) is 8.00. The highest BCUT2D eigenvalue weighted by molar-refractivity contribution is 5.90. The number of ether oxygens (including phenoxy) is 3. The maximum absolute atomic E-state index is 13.3. The number of phenolic OH excluding ortho intramolecular Hbond substituents is 1. The largest absolute Gasteiger partial charge is 0.507 e. The van der Waals surface area contributed by atoms with Crippen molar-refractivity contribution in [2.45, 2.75) is 44.9 Å². The number of β-amino-alcohol motifs (C(OH)–C–C–N with tert-alkyl or cyclic N) is 1. The molecule has 8 N–H and O–H groups in total.